The van der Waals surface area contributed by atoms with E-state index in [2.05, 4.69) is 5.32 Å². The molecule has 33 heavy (non-hydrogen) atoms. The van der Waals surface area contributed by atoms with Crippen molar-refractivity contribution in [2.75, 3.05) is 12.9 Å². The van der Waals surface area contributed by atoms with Crippen molar-refractivity contribution in [3.63, 3.8) is 0 Å². The minimum atomic E-state index is -0.504. The van der Waals surface area contributed by atoms with Crippen molar-refractivity contribution < 1.29 is 14.3 Å². The average molecular weight is 489 g/mol. The molecule has 2 aromatic carbocycles. The molecule has 1 aliphatic rings. The maximum Gasteiger partial charge on any atom is 0.243 e. The highest BCUT2D eigenvalue weighted by atomic mass is 35.5. The summed E-state index contributed by atoms with van der Waals surface area (Å²) in [4.78, 5) is 28.3. The molecule has 3 rings (SSSR count). The summed E-state index contributed by atoms with van der Waals surface area (Å²) in [6.07, 6.45) is 4.89. The predicted octanol–water partition coefficient (Wildman–Crippen LogP) is 5.45. The molecule has 7 heteroatoms. The normalized spacial score (nSPS) is 14.6. The van der Waals surface area contributed by atoms with Crippen LogP contribution in [0.25, 0.3) is 0 Å². The number of ether oxygens (including phenoxy) is 1. The molecule has 0 unspecified atom stereocenters. The van der Waals surface area contributed by atoms with Crippen molar-refractivity contribution in [3.05, 3.63) is 64.7 Å². The second kappa shape index (κ2) is 12.9. The van der Waals surface area contributed by atoms with Crippen LogP contribution in [-0.2, 0) is 21.9 Å². The number of nitrogens with one attached hydrogen (secondary N) is 1. The molecule has 0 aromatic heterocycles. The fourth-order valence-electron chi connectivity index (χ4n) is 4.22. The monoisotopic (exact) mass is 488 g/mol. The van der Waals surface area contributed by atoms with Crippen molar-refractivity contribution >= 4 is 35.2 Å². The van der Waals surface area contributed by atoms with Gasteiger partial charge in [0.15, 0.2) is 0 Å². The van der Waals surface area contributed by atoms with E-state index in [0.29, 0.717) is 29.5 Å². The first-order chi connectivity index (χ1) is 16.0. The van der Waals surface area contributed by atoms with Gasteiger partial charge in [-0.1, -0.05) is 55.6 Å². The summed E-state index contributed by atoms with van der Waals surface area (Å²) in [7, 11) is 1.62. The highest BCUT2D eigenvalue weighted by molar-refractivity contribution is 7.99. The maximum absolute atomic E-state index is 13.4. The Morgan fingerprint density at radius 2 is 1.88 bits per heavy atom. The quantitative estimate of drug-likeness (QED) is 0.457. The molecule has 0 saturated heterocycles. The van der Waals surface area contributed by atoms with Gasteiger partial charge >= 0.3 is 0 Å². The first-order valence-electron chi connectivity index (χ1n) is 11.5. The van der Waals surface area contributed by atoms with Gasteiger partial charge in [-0.05, 0) is 54.7 Å². The summed E-state index contributed by atoms with van der Waals surface area (Å²) in [5.74, 6) is 1.62. The molecule has 1 atom stereocenters. The molecule has 1 saturated carbocycles. The lowest BCUT2D eigenvalue weighted by Crippen LogP contribution is -2.51. The molecule has 0 radical (unpaired) electrons. The van der Waals surface area contributed by atoms with Crippen molar-refractivity contribution in [2.24, 2.45) is 0 Å². The Morgan fingerprint density at radius 3 is 2.58 bits per heavy atom. The van der Waals surface area contributed by atoms with Crippen molar-refractivity contribution in [2.45, 2.75) is 63.4 Å². The molecule has 1 aliphatic carbocycles. The van der Waals surface area contributed by atoms with Crippen LogP contribution in [0.3, 0.4) is 0 Å². The minimum Gasteiger partial charge on any atom is -0.497 e. The Labute approximate surface area is 206 Å². The fourth-order valence-corrected chi connectivity index (χ4v) is 5.29. The topological polar surface area (TPSA) is 58.6 Å². The van der Waals surface area contributed by atoms with E-state index in [1.807, 2.05) is 55.5 Å². The van der Waals surface area contributed by atoms with Crippen LogP contribution in [0.5, 0.6) is 5.75 Å². The standard InChI is InChI=1S/C26H33ClN2O3S/c1-3-24(26(31)28-22-11-4-5-12-22)29(16-19-8-7-13-23(15-19)32-2)25(30)18-33-17-20-9-6-10-21(27)14-20/h6-10,13-15,22,24H,3-5,11-12,16-18H2,1-2H3,(H,28,31)/t24-/m1/s1. The zero-order valence-electron chi connectivity index (χ0n) is 19.4. The number of hydrogen-bond acceptors (Lipinski definition) is 4. The van der Waals surface area contributed by atoms with Crippen molar-refractivity contribution in [1.82, 2.24) is 10.2 Å². The van der Waals surface area contributed by atoms with E-state index in [4.69, 9.17) is 16.3 Å². The SMILES string of the molecule is CC[C@H](C(=O)NC1CCCC1)N(Cc1cccc(OC)c1)C(=O)CSCc1cccc(Cl)c1. The van der Waals surface area contributed by atoms with Crippen LogP contribution >= 0.6 is 23.4 Å². The average Bonchev–Trinajstić information content (AvgIpc) is 3.32. The van der Waals surface area contributed by atoms with E-state index >= 15 is 0 Å². The van der Waals surface area contributed by atoms with Crippen molar-refractivity contribution in [3.8, 4) is 5.75 Å². The van der Waals surface area contributed by atoms with Gasteiger partial charge in [0.2, 0.25) is 11.8 Å². The first kappa shape index (κ1) is 25.4. The Bertz CT molecular complexity index is 933. The molecule has 0 bridgehead atoms. The van der Waals surface area contributed by atoms with Gasteiger partial charge in [-0.15, -0.1) is 11.8 Å². The lowest BCUT2D eigenvalue weighted by atomic mass is 10.1. The third-order valence-electron chi connectivity index (χ3n) is 5.96. The van der Waals surface area contributed by atoms with Crippen LogP contribution in [0.15, 0.2) is 48.5 Å². The molecule has 5 nitrogen and oxygen atoms in total. The van der Waals surface area contributed by atoms with Gasteiger partial charge in [0.25, 0.3) is 0 Å². The number of methoxy groups -OCH3 is 1. The third kappa shape index (κ3) is 7.68. The van der Waals surface area contributed by atoms with Crippen LogP contribution in [0.2, 0.25) is 5.02 Å². The number of thioether (sulfide) groups is 1. The van der Waals surface area contributed by atoms with Gasteiger partial charge in [0.1, 0.15) is 11.8 Å². The summed E-state index contributed by atoms with van der Waals surface area (Å²) < 4.78 is 5.35. The molecular weight excluding hydrogens is 456 g/mol. The molecule has 2 aromatic rings. The third-order valence-corrected chi connectivity index (χ3v) is 7.18. The summed E-state index contributed by atoms with van der Waals surface area (Å²) in [6.45, 7) is 2.33. The number of carbonyl (C=O) groups is 2. The van der Waals surface area contributed by atoms with Crippen LogP contribution in [0.4, 0.5) is 0 Å². The van der Waals surface area contributed by atoms with Crippen LogP contribution in [-0.4, -0.2) is 41.7 Å². The number of carbonyl (C=O) groups excluding carboxylic acids is 2. The fraction of sp³-hybridized carbons (Fsp3) is 0.462. The maximum atomic E-state index is 13.4. The van der Waals surface area contributed by atoms with Gasteiger partial charge in [-0.25, -0.2) is 0 Å². The van der Waals surface area contributed by atoms with E-state index in [9.17, 15) is 9.59 Å². The van der Waals surface area contributed by atoms with E-state index in [0.717, 1.165) is 42.6 Å². The Hall–Kier alpha value is -2.18. The number of benzene rings is 2. The molecule has 1 fully saturated rings. The molecule has 0 heterocycles. The lowest BCUT2D eigenvalue weighted by molar-refractivity contribution is -0.139. The van der Waals surface area contributed by atoms with E-state index < -0.39 is 6.04 Å². The zero-order chi connectivity index (χ0) is 23.6. The van der Waals surface area contributed by atoms with Gasteiger partial charge in [0, 0.05) is 23.4 Å². The number of amides is 2. The van der Waals surface area contributed by atoms with Crippen molar-refractivity contribution in [1.29, 1.82) is 0 Å². The predicted molar refractivity (Wildman–Crippen MR) is 136 cm³/mol. The van der Waals surface area contributed by atoms with Crippen LogP contribution < -0.4 is 10.1 Å². The van der Waals surface area contributed by atoms with E-state index in [1.165, 1.54) is 11.8 Å². The smallest absolute Gasteiger partial charge is 0.243 e. The van der Waals surface area contributed by atoms with Gasteiger partial charge < -0.3 is 15.0 Å². The highest BCUT2D eigenvalue weighted by Gasteiger charge is 2.30. The second-order valence-electron chi connectivity index (χ2n) is 8.41. The molecule has 0 spiro atoms. The summed E-state index contributed by atoms with van der Waals surface area (Å²) in [6, 6.07) is 15.0. The molecule has 178 valence electrons. The van der Waals surface area contributed by atoms with E-state index in [1.54, 1.807) is 12.0 Å². The highest BCUT2D eigenvalue weighted by Crippen LogP contribution is 2.22. The molecule has 2 amide bonds. The van der Waals surface area contributed by atoms with Gasteiger partial charge in [-0.2, -0.15) is 0 Å². The van der Waals surface area contributed by atoms with E-state index in [-0.39, 0.29) is 17.9 Å². The second-order valence-corrected chi connectivity index (χ2v) is 9.83. The van der Waals surface area contributed by atoms with Gasteiger partial charge in [-0.3, -0.25) is 9.59 Å². The lowest BCUT2D eigenvalue weighted by Gasteiger charge is -2.31. The largest absolute Gasteiger partial charge is 0.497 e. The molecule has 1 N–H and O–H groups in total. The Kier molecular flexibility index (Phi) is 9.95. The van der Waals surface area contributed by atoms with Gasteiger partial charge in [0.05, 0.1) is 12.9 Å². The number of rotatable bonds is 11. The molecular formula is C26H33ClN2O3S. The summed E-state index contributed by atoms with van der Waals surface area (Å²) >= 11 is 7.61. The number of halogens is 1. The minimum absolute atomic E-state index is 0.0433. The summed E-state index contributed by atoms with van der Waals surface area (Å²) in [5.41, 5.74) is 2.01. The molecule has 0 aliphatic heterocycles. The zero-order valence-corrected chi connectivity index (χ0v) is 21.0. The summed E-state index contributed by atoms with van der Waals surface area (Å²) in [5, 5.41) is 3.87. The Morgan fingerprint density at radius 1 is 1.15 bits per heavy atom. The van der Waals surface area contributed by atoms with Crippen LogP contribution in [0.1, 0.15) is 50.2 Å². The number of nitrogens with zero attached hydrogens (tertiary/aromatic N) is 1. The van der Waals surface area contributed by atoms with Crippen LogP contribution in [0, 0.1) is 0 Å². The first-order valence-corrected chi connectivity index (χ1v) is 13.1. The Balaban J connectivity index is 1.72. The number of hydrogen-bond donors (Lipinski definition) is 1.